The van der Waals surface area contributed by atoms with Crippen molar-refractivity contribution in [2.24, 2.45) is 0 Å². The molecule has 0 aliphatic carbocycles. The minimum Gasteiger partial charge on any atom is -0.491 e. The number of hydrogen-bond donors (Lipinski definition) is 2. The zero-order chi connectivity index (χ0) is 18.2. The zero-order valence-electron chi connectivity index (χ0n) is 15.3. The molecular weight excluding hydrogens is 326 g/mol. The van der Waals surface area contributed by atoms with Crippen molar-refractivity contribution in [1.29, 1.82) is 0 Å². The van der Waals surface area contributed by atoms with E-state index in [1.54, 1.807) is 7.11 Å². The maximum absolute atomic E-state index is 5.58. The van der Waals surface area contributed by atoms with E-state index in [9.17, 15) is 0 Å². The van der Waals surface area contributed by atoms with E-state index in [1.165, 1.54) is 11.1 Å². The number of rotatable bonds is 9. The van der Waals surface area contributed by atoms with Crippen molar-refractivity contribution in [1.82, 2.24) is 15.5 Å². The standard InChI is InChI=1S/C21H25N3O2/c1-16-3-7-18(8-4-16)21-19(15-23-24-21)14-22-13-17-5-9-20(10-6-17)26-12-11-25-2/h3-10,15,22H,11-14H2,1-2H3,(H,23,24). The number of nitrogens with one attached hydrogen (secondary N) is 2. The highest BCUT2D eigenvalue weighted by Crippen LogP contribution is 2.21. The van der Waals surface area contributed by atoms with Gasteiger partial charge in [0.15, 0.2) is 0 Å². The molecule has 2 N–H and O–H groups in total. The summed E-state index contributed by atoms with van der Waals surface area (Å²) in [5.41, 5.74) is 5.85. The molecule has 0 radical (unpaired) electrons. The maximum atomic E-state index is 5.58. The second kappa shape index (κ2) is 9.17. The van der Waals surface area contributed by atoms with E-state index in [0.29, 0.717) is 13.2 Å². The predicted molar refractivity (Wildman–Crippen MR) is 103 cm³/mol. The van der Waals surface area contributed by atoms with Gasteiger partial charge in [-0.15, -0.1) is 0 Å². The van der Waals surface area contributed by atoms with Crippen molar-refractivity contribution in [3.63, 3.8) is 0 Å². The molecule has 0 amide bonds. The molecule has 5 nitrogen and oxygen atoms in total. The van der Waals surface area contributed by atoms with Crippen LogP contribution in [0.3, 0.4) is 0 Å². The number of ether oxygens (including phenoxy) is 2. The first-order chi connectivity index (χ1) is 12.8. The summed E-state index contributed by atoms with van der Waals surface area (Å²) in [7, 11) is 1.67. The summed E-state index contributed by atoms with van der Waals surface area (Å²) in [6, 6.07) is 16.6. The number of methoxy groups -OCH3 is 1. The lowest BCUT2D eigenvalue weighted by Gasteiger charge is -2.08. The Bertz CT molecular complexity index is 795. The van der Waals surface area contributed by atoms with Gasteiger partial charge in [-0.05, 0) is 30.2 Å². The number of aromatic amines is 1. The number of benzene rings is 2. The van der Waals surface area contributed by atoms with E-state index >= 15 is 0 Å². The Hall–Kier alpha value is -2.63. The Kier molecular flexibility index (Phi) is 6.41. The van der Waals surface area contributed by atoms with E-state index in [-0.39, 0.29) is 0 Å². The second-order valence-electron chi connectivity index (χ2n) is 6.23. The lowest BCUT2D eigenvalue weighted by molar-refractivity contribution is 0.146. The van der Waals surface area contributed by atoms with Crippen LogP contribution in [0.2, 0.25) is 0 Å². The molecule has 0 saturated heterocycles. The first-order valence-electron chi connectivity index (χ1n) is 8.77. The Balaban J connectivity index is 1.52. The normalized spacial score (nSPS) is 10.8. The average molecular weight is 351 g/mol. The molecule has 0 atom stereocenters. The minimum atomic E-state index is 0.566. The molecule has 5 heteroatoms. The number of hydrogen-bond acceptors (Lipinski definition) is 4. The first-order valence-corrected chi connectivity index (χ1v) is 8.77. The fraction of sp³-hybridized carbons (Fsp3) is 0.286. The van der Waals surface area contributed by atoms with Crippen molar-refractivity contribution in [3.05, 3.63) is 71.4 Å². The summed E-state index contributed by atoms with van der Waals surface area (Å²) in [4.78, 5) is 0. The number of aryl methyl sites for hydroxylation is 1. The molecule has 3 rings (SSSR count). The Morgan fingerprint density at radius 2 is 1.73 bits per heavy atom. The van der Waals surface area contributed by atoms with Crippen LogP contribution in [0, 0.1) is 6.92 Å². The van der Waals surface area contributed by atoms with Crippen LogP contribution in [-0.4, -0.2) is 30.5 Å². The summed E-state index contributed by atoms with van der Waals surface area (Å²) >= 11 is 0. The third-order valence-electron chi connectivity index (χ3n) is 4.18. The van der Waals surface area contributed by atoms with E-state index < -0.39 is 0 Å². The topological polar surface area (TPSA) is 59.2 Å². The molecule has 0 unspecified atom stereocenters. The van der Waals surface area contributed by atoms with Gasteiger partial charge in [-0.1, -0.05) is 42.0 Å². The molecule has 3 aromatic rings. The lowest BCUT2D eigenvalue weighted by atomic mass is 10.1. The van der Waals surface area contributed by atoms with Crippen molar-refractivity contribution in [3.8, 4) is 17.0 Å². The lowest BCUT2D eigenvalue weighted by Crippen LogP contribution is -2.13. The van der Waals surface area contributed by atoms with Crippen LogP contribution in [0.5, 0.6) is 5.75 Å². The van der Waals surface area contributed by atoms with Gasteiger partial charge in [-0.2, -0.15) is 5.10 Å². The molecule has 136 valence electrons. The van der Waals surface area contributed by atoms with Crippen LogP contribution in [0.25, 0.3) is 11.3 Å². The highest BCUT2D eigenvalue weighted by Gasteiger charge is 2.07. The van der Waals surface area contributed by atoms with Gasteiger partial charge in [0.2, 0.25) is 0 Å². The number of H-pyrrole nitrogens is 1. The van der Waals surface area contributed by atoms with Crippen molar-refractivity contribution >= 4 is 0 Å². The molecule has 2 aromatic carbocycles. The van der Waals surface area contributed by atoms with Gasteiger partial charge in [-0.3, -0.25) is 5.10 Å². The highest BCUT2D eigenvalue weighted by atomic mass is 16.5. The van der Waals surface area contributed by atoms with E-state index in [4.69, 9.17) is 9.47 Å². The maximum Gasteiger partial charge on any atom is 0.119 e. The molecule has 0 aliphatic rings. The molecule has 26 heavy (non-hydrogen) atoms. The first kappa shape index (κ1) is 18.2. The Morgan fingerprint density at radius 1 is 0.962 bits per heavy atom. The van der Waals surface area contributed by atoms with Crippen molar-refractivity contribution in [2.45, 2.75) is 20.0 Å². The molecule has 0 spiro atoms. The summed E-state index contributed by atoms with van der Waals surface area (Å²) in [6.07, 6.45) is 1.88. The summed E-state index contributed by atoms with van der Waals surface area (Å²) in [5.74, 6) is 0.863. The third kappa shape index (κ3) is 4.94. The molecule has 1 aromatic heterocycles. The molecule has 1 heterocycles. The molecular formula is C21H25N3O2. The van der Waals surface area contributed by atoms with E-state index in [0.717, 1.165) is 35.7 Å². The van der Waals surface area contributed by atoms with Crippen LogP contribution in [-0.2, 0) is 17.8 Å². The average Bonchev–Trinajstić information content (AvgIpc) is 3.12. The Morgan fingerprint density at radius 3 is 2.46 bits per heavy atom. The fourth-order valence-electron chi connectivity index (χ4n) is 2.70. The highest BCUT2D eigenvalue weighted by molar-refractivity contribution is 5.62. The Labute approximate surface area is 154 Å². The van der Waals surface area contributed by atoms with Gasteiger partial charge in [0.25, 0.3) is 0 Å². The van der Waals surface area contributed by atoms with Crippen molar-refractivity contribution < 1.29 is 9.47 Å². The third-order valence-corrected chi connectivity index (χ3v) is 4.18. The van der Waals surface area contributed by atoms with Crippen molar-refractivity contribution in [2.75, 3.05) is 20.3 Å². The van der Waals surface area contributed by atoms with Gasteiger partial charge in [0.1, 0.15) is 12.4 Å². The van der Waals surface area contributed by atoms with E-state index in [2.05, 4.69) is 58.8 Å². The van der Waals surface area contributed by atoms with Crippen LogP contribution in [0.1, 0.15) is 16.7 Å². The summed E-state index contributed by atoms with van der Waals surface area (Å²) < 4.78 is 10.6. The second-order valence-corrected chi connectivity index (χ2v) is 6.23. The van der Waals surface area contributed by atoms with Gasteiger partial charge >= 0.3 is 0 Å². The number of aromatic nitrogens is 2. The van der Waals surface area contributed by atoms with Gasteiger partial charge in [-0.25, -0.2) is 0 Å². The van der Waals surface area contributed by atoms with Crippen LogP contribution < -0.4 is 10.1 Å². The van der Waals surface area contributed by atoms with Gasteiger partial charge < -0.3 is 14.8 Å². The summed E-state index contributed by atoms with van der Waals surface area (Å²) in [5, 5.41) is 10.8. The van der Waals surface area contributed by atoms with Crippen LogP contribution in [0.4, 0.5) is 0 Å². The van der Waals surface area contributed by atoms with Gasteiger partial charge in [0.05, 0.1) is 18.5 Å². The SMILES string of the molecule is COCCOc1ccc(CNCc2cn[nH]c2-c2ccc(C)cc2)cc1. The zero-order valence-corrected chi connectivity index (χ0v) is 15.3. The van der Waals surface area contributed by atoms with Crippen LogP contribution in [0.15, 0.2) is 54.7 Å². The fourth-order valence-corrected chi connectivity index (χ4v) is 2.70. The molecule has 0 aliphatic heterocycles. The van der Waals surface area contributed by atoms with E-state index in [1.807, 2.05) is 18.3 Å². The smallest absolute Gasteiger partial charge is 0.119 e. The monoisotopic (exact) mass is 351 g/mol. The quantitative estimate of drug-likeness (QED) is 0.577. The minimum absolute atomic E-state index is 0.566. The predicted octanol–water partition coefficient (Wildman–Crippen LogP) is 3.70. The molecule has 0 bridgehead atoms. The molecule has 0 saturated carbocycles. The van der Waals surface area contributed by atoms with Crippen LogP contribution >= 0.6 is 0 Å². The largest absolute Gasteiger partial charge is 0.491 e. The summed E-state index contributed by atoms with van der Waals surface area (Å²) in [6.45, 7) is 4.80. The van der Waals surface area contributed by atoms with Gasteiger partial charge in [0, 0.05) is 25.8 Å². The number of nitrogens with zero attached hydrogens (tertiary/aromatic N) is 1. The molecule has 0 fully saturated rings.